The van der Waals surface area contributed by atoms with Crippen molar-refractivity contribution in [2.45, 2.75) is 38.8 Å². The van der Waals surface area contributed by atoms with Gasteiger partial charge < -0.3 is 15.2 Å². The molecule has 1 unspecified atom stereocenters. The molecule has 4 nitrogen and oxygen atoms in total. The third kappa shape index (κ3) is 5.97. The van der Waals surface area contributed by atoms with Gasteiger partial charge in [0.2, 0.25) is 0 Å². The van der Waals surface area contributed by atoms with Gasteiger partial charge in [-0.05, 0) is 31.4 Å². The second kappa shape index (κ2) is 8.47. The molecule has 6 heteroatoms. The average molecular weight is 287 g/mol. The first-order valence-corrected chi connectivity index (χ1v) is 6.46. The van der Waals surface area contributed by atoms with E-state index < -0.39 is 6.61 Å². The molecule has 0 heterocycles. The Morgan fingerprint density at radius 1 is 1.35 bits per heavy atom. The molecule has 0 saturated carbocycles. The molecular weight excluding hydrogens is 268 g/mol. The van der Waals surface area contributed by atoms with E-state index in [2.05, 4.69) is 4.74 Å². The van der Waals surface area contributed by atoms with Gasteiger partial charge in [0.05, 0.1) is 6.61 Å². The Labute approximate surface area is 116 Å². The summed E-state index contributed by atoms with van der Waals surface area (Å²) in [6.45, 7) is -0.804. The molecule has 2 N–H and O–H groups in total. The molecule has 0 amide bonds. The van der Waals surface area contributed by atoms with E-state index in [-0.39, 0.29) is 24.2 Å². The molecular formula is C14H19F2NO3. The molecule has 0 aromatic heterocycles. The number of hydrogen-bond donors (Lipinski definition) is 1. The quantitative estimate of drug-likeness (QED) is 0.746. The highest BCUT2D eigenvalue weighted by Crippen LogP contribution is 2.22. The summed E-state index contributed by atoms with van der Waals surface area (Å²) in [4.78, 5) is 11.2. The topological polar surface area (TPSA) is 61.5 Å². The Hall–Kier alpha value is -1.69. The van der Waals surface area contributed by atoms with E-state index in [1.54, 1.807) is 25.1 Å². The summed E-state index contributed by atoms with van der Waals surface area (Å²) in [6, 6.07) is 6.18. The maximum atomic E-state index is 12.3. The summed E-state index contributed by atoms with van der Waals surface area (Å²) >= 11 is 0. The summed E-state index contributed by atoms with van der Waals surface area (Å²) < 4.78 is 33.8. The highest BCUT2D eigenvalue weighted by molar-refractivity contribution is 5.69. The third-order valence-corrected chi connectivity index (χ3v) is 2.70. The number of para-hydroxylation sites is 1. The zero-order valence-electron chi connectivity index (χ0n) is 11.4. The molecule has 1 aromatic rings. The van der Waals surface area contributed by atoms with Crippen molar-refractivity contribution >= 4 is 5.97 Å². The van der Waals surface area contributed by atoms with E-state index in [1.807, 2.05) is 0 Å². The Morgan fingerprint density at radius 3 is 2.70 bits per heavy atom. The van der Waals surface area contributed by atoms with Crippen LogP contribution in [0.3, 0.4) is 0 Å². The zero-order chi connectivity index (χ0) is 15.0. The van der Waals surface area contributed by atoms with Gasteiger partial charge in [-0.15, -0.1) is 0 Å². The van der Waals surface area contributed by atoms with Gasteiger partial charge in [0.25, 0.3) is 0 Å². The van der Waals surface area contributed by atoms with Gasteiger partial charge in [-0.3, -0.25) is 4.79 Å². The molecule has 1 atom stereocenters. The van der Waals surface area contributed by atoms with Gasteiger partial charge in [0, 0.05) is 12.5 Å². The molecule has 1 rings (SSSR count). The minimum Gasteiger partial charge on any atom is -0.466 e. The van der Waals surface area contributed by atoms with Crippen LogP contribution in [0.25, 0.3) is 0 Å². The fraction of sp³-hybridized carbons (Fsp3) is 0.500. The first-order valence-electron chi connectivity index (χ1n) is 6.46. The van der Waals surface area contributed by atoms with Crippen LogP contribution in [0, 0.1) is 0 Å². The van der Waals surface area contributed by atoms with Crippen molar-refractivity contribution in [3.05, 3.63) is 29.8 Å². The summed E-state index contributed by atoms with van der Waals surface area (Å²) in [5.74, 6) is -0.186. The fourth-order valence-electron chi connectivity index (χ4n) is 1.80. The lowest BCUT2D eigenvalue weighted by molar-refractivity contribution is -0.143. The predicted molar refractivity (Wildman–Crippen MR) is 70.6 cm³/mol. The molecule has 1 aromatic carbocycles. The molecule has 0 fully saturated rings. The highest BCUT2D eigenvalue weighted by atomic mass is 19.3. The Balaban J connectivity index is 2.52. The second-order valence-corrected chi connectivity index (χ2v) is 4.29. The summed E-state index contributed by atoms with van der Waals surface area (Å²) in [6.07, 6.45) is 1.01. The third-order valence-electron chi connectivity index (χ3n) is 2.70. The van der Waals surface area contributed by atoms with Crippen LogP contribution in [0.4, 0.5) is 8.78 Å². The Morgan fingerprint density at radius 2 is 2.05 bits per heavy atom. The molecule has 0 aliphatic heterocycles. The van der Waals surface area contributed by atoms with Crippen LogP contribution < -0.4 is 10.5 Å². The van der Waals surface area contributed by atoms with Crippen molar-refractivity contribution in [2.75, 3.05) is 6.61 Å². The minimum atomic E-state index is -2.87. The molecule has 0 radical (unpaired) electrons. The van der Waals surface area contributed by atoms with E-state index in [0.717, 1.165) is 0 Å². The smallest absolute Gasteiger partial charge is 0.387 e. The van der Waals surface area contributed by atoms with Gasteiger partial charge in [-0.2, -0.15) is 8.78 Å². The standard InChI is InChI=1S/C14H19F2NO3/c1-2-19-13(18)8-7-11(17)9-10-5-3-4-6-12(10)20-14(15)16/h3-6,11,14H,2,7-9,17H2,1H3. The van der Waals surface area contributed by atoms with Gasteiger partial charge in [0.1, 0.15) is 5.75 Å². The summed E-state index contributed by atoms with van der Waals surface area (Å²) in [5, 5.41) is 0. The summed E-state index contributed by atoms with van der Waals surface area (Å²) in [7, 11) is 0. The lowest BCUT2D eigenvalue weighted by atomic mass is 10.0. The van der Waals surface area contributed by atoms with Crippen molar-refractivity contribution in [2.24, 2.45) is 5.73 Å². The number of carbonyl (C=O) groups is 1. The Kier molecular flexibility index (Phi) is 6.93. The number of carbonyl (C=O) groups excluding carboxylic acids is 1. The van der Waals surface area contributed by atoms with E-state index >= 15 is 0 Å². The number of ether oxygens (including phenoxy) is 2. The van der Waals surface area contributed by atoms with E-state index in [4.69, 9.17) is 10.5 Å². The van der Waals surface area contributed by atoms with Crippen LogP contribution in [-0.2, 0) is 16.0 Å². The van der Waals surface area contributed by atoms with E-state index in [0.29, 0.717) is 25.0 Å². The number of esters is 1. The molecule has 0 spiro atoms. The van der Waals surface area contributed by atoms with Crippen molar-refractivity contribution in [3.8, 4) is 5.75 Å². The van der Waals surface area contributed by atoms with Crippen LogP contribution in [0.15, 0.2) is 24.3 Å². The van der Waals surface area contributed by atoms with E-state index in [9.17, 15) is 13.6 Å². The maximum absolute atomic E-state index is 12.3. The number of alkyl halides is 2. The van der Waals surface area contributed by atoms with E-state index in [1.165, 1.54) is 6.07 Å². The zero-order valence-corrected chi connectivity index (χ0v) is 11.4. The Bertz CT molecular complexity index is 427. The lowest BCUT2D eigenvalue weighted by Gasteiger charge is -2.14. The van der Waals surface area contributed by atoms with Crippen LogP contribution >= 0.6 is 0 Å². The summed E-state index contributed by atoms with van der Waals surface area (Å²) in [5.41, 5.74) is 6.50. The number of halogens is 2. The molecule has 0 saturated heterocycles. The van der Waals surface area contributed by atoms with Gasteiger partial charge in [0.15, 0.2) is 0 Å². The number of nitrogens with two attached hydrogens (primary N) is 1. The van der Waals surface area contributed by atoms with Crippen molar-refractivity contribution in [3.63, 3.8) is 0 Å². The fourth-order valence-corrected chi connectivity index (χ4v) is 1.80. The van der Waals surface area contributed by atoms with Crippen LogP contribution in [0.5, 0.6) is 5.75 Å². The SMILES string of the molecule is CCOC(=O)CCC(N)Cc1ccccc1OC(F)F. The average Bonchev–Trinajstić information content (AvgIpc) is 2.38. The maximum Gasteiger partial charge on any atom is 0.387 e. The minimum absolute atomic E-state index is 0.120. The first kappa shape index (κ1) is 16.4. The normalized spacial score (nSPS) is 12.2. The highest BCUT2D eigenvalue weighted by Gasteiger charge is 2.13. The van der Waals surface area contributed by atoms with Crippen molar-refractivity contribution in [1.82, 2.24) is 0 Å². The second-order valence-electron chi connectivity index (χ2n) is 4.29. The van der Waals surface area contributed by atoms with Crippen LogP contribution in [0.2, 0.25) is 0 Å². The first-order chi connectivity index (χ1) is 9.52. The van der Waals surface area contributed by atoms with Crippen LogP contribution in [0.1, 0.15) is 25.3 Å². The largest absolute Gasteiger partial charge is 0.466 e. The van der Waals surface area contributed by atoms with Crippen LogP contribution in [-0.4, -0.2) is 25.2 Å². The monoisotopic (exact) mass is 287 g/mol. The van der Waals surface area contributed by atoms with Gasteiger partial charge in [-0.1, -0.05) is 18.2 Å². The molecule has 0 aliphatic carbocycles. The molecule has 112 valence electrons. The number of benzene rings is 1. The van der Waals surface area contributed by atoms with Gasteiger partial charge >= 0.3 is 12.6 Å². The van der Waals surface area contributed by atoms with Gasteiger partial charge in [-0.25, -0.2) is 0 Å². The van der Waals surface area contributed by atoms with Crippen molar-refractivity contribution < 1.29 is 23.0 Å². The van der Waals surface area contributed by atoms with Crippen molar-refractivity contribution in [1.29, 1.82) is 0 Å². The number of rotatable bonds is 8. The lowest BCUT2D eigenvalue weighted by Crippen LogP contribution is -2.24. The number of hydrogen-bond acceptors (Lipinski definition) is 4. The predicted octanol–water partition coefficient (Wildman–Crippen LogP) is 2.50. The molecule has 0 aliphatic rings. The molecule has 0 bridgehead atoms. The molecule has 20 heavy (non-hydrogen) atoms.